The van der Waals surface area contributed by atoms with Crippen LogP contribution in [0.2, 0.25) is 5.28 Å². The molecule has 7 rings (SSSR count). The van der Waals surface area contributed by atoms with E-state index in [-0.39, 0.29) is 64.1 Å². The molecule has 4 aromatic heterocycles. The molecule has 0 spiro atoms. The highest BCUT2D eigenvalue weighted by atomic mass is 35.5. The number of amides is 2. The van der Waals surface area contributed by atoms with Gasteiger partial charge in [-0.1, -0.05) is 31.5 Å². The van der Waals surface area contributed by atoms with E-state index in [1.807, 2.05) is 20.8 Å². The lowest BCUT2D eigenvalue weighted by atomic mass is 9.92. The number of rotatable bonds is 6. The number of likely N-dealkylation sites (N-methyl/N-ethyl adjacent to an activating group) is 2. The first-order valence-electron chi connectivity index (χ1n) is 23.6. The third kappa shape index (κ3) is 10.3. The fraction of sp³-hybridized carbons (Fsp3) is 0.535. The van der Waals surface area contributed by atoms with Crippen molar-refractivity contribution in [3.63, 3.8) is 0 Å². The predicted octanol–water partition coefficient (Wildman–Crippen LogP) is 7.75. The number of halogens is 1. The SMILES string of the molecule is [2H]C([2H])([2H])N(c1nc(Cl)nc2c1ccn2S(=O)(=O)c1ccc(C)cc1)C1CN(C(=O)OC(C)(C)C)CCC1C.[2H]c1nc(N(C2CN(C(=O)OC(C)(C)C)CCC2C)C([2H])([2H])[2H])c2cc[nH]c2n1. The van der Waals surface area contributed by atoms with Gasteiger partial charge >= 0.3 is 12.2 Å². The van der Waals surface area contributed by atoms with Crippen LogP contribution in [0.3, 0.4) is 0 Å². The van der Waals surface area contributed by atoms with Gasteiger partial charge in [0.1, 0.15) is 36.2 Å². The second-order valence-corrected chi connectivity index (χ2v) is 19.8. The molecule has 2 aliphatic rings. The van der Waals surface area contributed by atoms with Gasteiger partial charge in [-0.15, -0.1) is 0 Å². The molecule has 16 nitrogen and oxygen atoms in total. The van der Waals surface area contributed by atoms with E-state index in [1.165, 1.54) is 34.2 Å². The van der Waals surface area contributed by atoms with Gasteiger partial charge in [0, 0.05) is 60.7 Å². The van der Waals surface area contributed by atoms with E-state index in [1.54, 1.807) is 70.8 Å². The summed E-state index contributed by atoms with van der Waals surface area (Å²) in [5.41, 5.74) is -0.0932. The van der Waals surface area contributed by atoms with Crippen molar-refractivity contribution in [2.45, 2.75) is 103 Å². The normalized spacial score (nSPS) is 22.0. The van der Waals surface area contributed by atoms with Gasteiger partial charge in [0.05, 0.1) is 27.8 Å². The van der Waals surface area contributed by atoms with E-state index in [0.717, 1.165) is 14.4 Å². The predicted molar refractivity (Wildman–Crippen MR) is 238 cm³/mol. The van der Waals surface area contributed by atoms with Crippen LogP contribution >= 0.6 is 11.6 Å². The van der Waals surface area contributed by atoms with Crippen LogP contribution in [-0.4, -0.2) is 123 Å². The third-order valence-electron chi connectivity index (χ3n) is 10.6. The maximum absolute atomic E-state index is 13.5. The highest BCUT2D eigenvalue weighted by Crippen LogP contribution is 2.33. The summed E-state index contributed by atoms with van der Waals surface area (Å²) in [5.74, 6) is -0.0200. The van der Waals surface area contributed by atoms with Crippen molar-refractivity contribution in [3.8, 4) is 0 Å². The molecule has 0 aliphatic carbocycles. The van der Waals surface area contributed by atoms with Gasteiger partial charge in [-0.3, -0.25) is 0 Å². The summed E-state index contributed by atoms with van der Waals surface area (Å²) >= 11 is 6.27. The number of aryl methyl sites for hydroxylation is 1. The number of hydrogen-bond acceptors (Lipinski definition) is 12. The molecular weight excluding hydrogens is 820 g/mol. The Balaban J connectivity index is 0.000000234. The molecular formula is C43H59ClN10O6S. The summed E-state index contributed by atoms with van der Waals surface area (Å²) in [5, 5.41) is 0.421. The summed E-state index contributed by atoms with van der Waals surface area (Å²) in [6.07, 6.45) is 2.84. The van der Waals surface area contributed by atoms with E-state index in [9.17, 15) is 18.0 Å². The number of carbonyl (C=O) groups is 2. The first-order chi connectivity index (χ1) is 31.4. The lowest BCUT2D eigenvalue weighted by Crippen LogP contribution is -2.53. The fourth-order valence-electron chi connectivity index (χ4n) is 7.22. The number of nitrogens with one attached hydrogen (secondary N) is 1. The van der Waals surface area contributed by atoms with Crippen LogP contribution in [0, 0.1) is 18.8 Å². The maximum Gasteiger partial charge on any atom is 0.410 e. The van der Waals surface area contributed by atoms with Crippen LogP contribution in [0.15, 0.2) is 60.0 Å². The first-order valence-corrected chi connectivity index (χ1v) is 21.9. The average molecular weight is 887 g/mol. The number of hydrogen-bond donors (Lipinski definition) is 1. The van der Waals surface area contributed by atoms with E-state index < -0.39 is 59.4 Å². The molecule has 61 heavy (non-hydrogen) atoms. The third-order valence-corrected chi connectivity index (χ3v) is 12.4. The Morgan fingerprint density at radius 3 is 1.93 bits per heavy atom. The minimum absolute atomic E-state index is 0.00717. The Kier molecular flexibility index (Phi) is 10.6. The Hall–Kier alpha value is -5.16. The lowest BCUT2D eigenvalue weighted by Gasteiger charge is -2.42. The number of fused-ring (bicyclic) bond motifs is 2. The average Bonchev–Trinajstić information content (AvgIpc) is 3.85. The zero-order valence-corrected chi connectivity index (χ0v) is 37.5. The number of likely N-dealkylation sites (tertiary alicyclic amines) is 2. The second kappa shape index (κ2) is 17.7. The van der Waals surface area contributed by atoms with E-state index in [2.05, 4.69) is 24.9 Å². The topological polar surface area (TPSA) is 172 Å². The van der Waals surface area contributed by atoms with Crippen LogP contribution in [0.25, 0.3) is 22.1 Å². The van der Waals surface area contributed by atoms with Crippen LogP contribution in [0.4, 0.5) is 21.2 Å². The summed E-state index contributed by atoms with van der Waals surface area (Å²) in [4.78, 5) is 50.4. The monoisotopic (exact) mass is 885 g/mol. The van der Waals surface area contributed by atoms with Crippen molar-refractivity contribution in [1.82, 2.24) is 38.7 Å². The Morgan fingerprint density at radius 1 is 0.836 bits per heavy atom. The van der Waals surface area contributed by atoms with Crippen molar-refractivity contribution in [2.75, 3.05) is 49.9 Å². The molecule has 5 aromatic rings. The van der Waals surface area contributed by atoms with Crippen molar-refractivity contribution in [1.29, 1.82) is 0 Å². The van der Waals surface area contributed by atoms with Gasteiger partial charge in [-0.25, -0.2) is 31.9 Å². The van der Waals surface area contributed by atoms with Gasteiger partial charge in [0.25, 0.3) is 10.0 Å². The van der Waals surface area contributed by atoms with Gasteiger partial charge in [0.15, 0.2) is 5.65 Å². The van der Waals surface area contributed by atoms with Gasteiger partial charge in [0.2, 0.25) is 5.28 Å². The molecule has 2 aliphatic heterocycles. The molecule has 2 saturated heterocycles. The number of aromatic amines is 1. The van der Waals surface area contributed by atoms with Gasteiger partial charge < -0.3 is 34.1 Å². The number of benzene rings is 1. The fourth-order valence-corrected chi connectivity index (χ4v) is 8.68. The molecule has 18 heteroatoms. The molecule has 1 N–H and O–H groups in total. The summed E-state index contributed by atoms with van der Waals surface area (Å²) in [6.45, 7) is 12.3. The molecule has 330 valence electrons. The Bertz CT molecular complexity index is 2740. The molecule has 0 saturated carbocycles. The van der Waals surface area contributed by atoms with Crippen molar-refractivity contribution in [3.05, 3.63) is 65.9 Å². The molecule has 4 unspecified atom stereocenters. The summed E-state index contributed by atoms with van der Waals surface area (Å²) in [7, 11) is -4.07. The molecule has 2 fully saturated rings. The van der Waals surface area contributed by atoms with Crippen LogP contribution in [0.1, 0.15) is 83.4 Å². The molecule has 0 bridgehead atoms. The molecule has 1 aromatic carbocycles. The van der Waals surface area contributed by atoms with E-state index >= 15 is 0 Å². The molecule has 2 amide bonds. The van der Waals surface area contributed by atoms with Crippen molar-refractivity contribution < 1.29 is 37.1 Å². The molecule has 6 heterocycles. The highest BCUT2D eigenvalue weighted by molar-refractivity contribution is 7.90. The first kappa shape index (κ1) is 36.5. The minimum Gasteiger partial charge on any atom is -0.444 e. The van der Waals surface area contributed by atoms with Crippen LogP contribution in [0.5, 0.6) is 0 Å². The van der Waals surface area contributed by atoms with Crippen molar-refractivity contribution in [2.24, 2.45) is 11.8 Å². The molecule has 0 radical (unpaired) electrons. The van der Waals surface area contributed by atoms with Gasteiger partial charge in [-0.05, 0) is 109 Å². The van der Waals surface area contributed by atoms with Crippen molar-refractivity contribution >= 4 is 67.5 Å². The quantitative estimate of drug-likeness (QED) is 0.165. The van der Waals surface area contributed by atoms with Gasteiger partial charge in [-0.2, -0.15) is 9.97 Å². The number of anilines is 2. The largest absolute Gasteiger partial charge is 0.444 e. The smallest absolute Gasteiger partial charge is 0.410 e. The zero-order valence-electron chi connectivity index (χ0n) is 42.9. The standard InChI is InChI=1S/C25H32ClN5O4S.C18H27N5O2/c1-16-7-9-18(10-8-16)36(33,34)31-14-12-19-21(27-23(26)28-22(19)31)29(6)20-15-30(13-11-17(20)2)24(32)35-25(3,4)5;1-12-7-9-23(17(24)25-18(2,3)4)10-14(12)22(5)16-13-6-8-19-15(13)20-11-21-16/h7-10,12,14,17,20H,11,13,15H2,1-6H3;6,8,11-12,14H,7,9-10H2,1-5H3,(H,19,20,21)/i6D3;5D3,11D. The Labute approximate surface area is 373 Å². The highest BCUT2D eigenvalue weighted by Gasteiger charge is 2.37. The second-order valence-electron chi connectivity index (χ2n) is 17.6. The van der Waals surface area contributed by atoms with E-state index in [0.29, 0.717) is 37.0 Å². The van der Waals surface area contributed by atoms with E-state index in [4.69, 9.17) is 30.7 Å². The zero-order chi connectivity index (χ0) is 50.5. The molecule has 4 atom stereocenters. The lowest BCUT2D eigenvalue weighted by molar-refractivity contribution is 0.0155. The number of H-pyrrole nitrogens is 1. The van der Waals surface area contributed by atoms with Crippen LogP contribution in [-0.2, 0) is 19.5 Å². The Morgan fingerprint density at radius 2 is 1.39 bits per heavy atom. The summed E-state index contributed by atoms with van der Waals surface area (Å²) < 4.78 is 96.5. The number of aromatic nitrogens is 6. The number of carbonyl (C=O) groups excluding carboxylic acids is 2. The van der Waals surface area contributed by atoms with Crippen LogP contribution < -0.4 is 9.80 Å². The maximum atomic E-state index is 13.5. The number of ether oxygens (including phenoxy) is 2. The number of piperidine rings is 2. The minimum atomic E-state index is -4.07. The summed E-state index contributed by atoms with van der Waals surface area (Å²) in [6, 6.07) is 8.30. The number of nitrogens with zero attached hydrogens (tertiary/aromatic N) is 9.